The van der Waals surface area contributed by atoms with Crippen molar-refractivity contribution in [2.75, 3.05) is 0 Å². The maximum Gasteiger partial charge on any atom is 0.250 e. The Labute approximate surface area is 187 Å². The van der Waals surface area contributed by atoms with Gasteiger partial charge in [-0.2, -0.15) is 0 Å². The van der Waals surface area contributed by atoms with Crippen LogP contribution in [-0.4, -0.2) is 9.67 Å². The summed E-state index contributed by atoms with van der Waals surface area (Å²) >= 11 is 0. The fourth-order valence-electron chi connectivity index (χ4n) is 4.63. The van der Waals surface area contributed by atoms with Gasteiger partial charge in [-0.1, -0.05) is 84.9 Å². The quantitative estimate of drug-likeness (QED) is 0.447. The highest BCUT2D eigenvalue weighted by atomic mass is 16.3. The van der Waals surface area contributed by atoms with Gasteiger partial charge in [0.2, 0.25) is 0 Å². The summed E-state index contributed by atoms with van der Waals surface area (Å²) in [4.78, 5) is 12.7. The zero-order chi connectivity index (χ0) is 21.9. The van der Waals surface area contributed by atoms with Gasteiger partial charge in [0.1, 0.15) is 5.75 Å². The zero-order valence-corrected chi connectivity index (χ0v) is 17.8. The van der Waals surface area contributed by atoms with Crippen molar-refractivity contribution in [2.24, 2.45) is 0 Å². The van der Waals surface area contributed by atoms with Gasteiger partial charge in [-0.15, -0.1) is 0 Å². The lowest BCUT2D eigenvalue weighted by Gasteiger charge is -2.21. The Morgan fingerprint density at radius 2 is 1.44 bits per heavy atom. The molecule has 1 N–H and O–H groups in total. The van der Waals surface area contributed by atoms with E-state index in [9.17, 15) is 9.90 Å². The number of hydrogen-bond acceptors (Lipinski definition) is 2. The molecule has 0 radical (unpaired) electrons. The first-order valence-corrected chi connectivity index (χ1v) is 11.0. The minimum absolute atomic E-state index is 0.00349. The first kappa shape index (κ1) is 20.1. The zero-order valence-electron chi connectivity index (χ0n) is 17.8. The minimum Gasteiger partial charge on any atom is -0.508 e. The van der Waals surface area contributed by atoms with Crippen LogP contribution in [0.4, 0.5) is 0 Å². The van der Waals surface area contributed by atoms with Crippen molar-refractivity contribution in [2.45, 2.75) is 25.3 Å². The molecular weight excluding hydrogens is 394 g/mol. The van der Waals surface area contributed by atoms with Crippen molar-refractivity contribution < 1.29 is 5.11 Å². The van der Waals surface area contributed by atoms with Crippen molar-refractivity contribution in [3.05, 3.63) is 141 Å². The topological polar surface area (TPSA) is 42.2 Å². The highest BCUT2D eigenvalue weighted by Gasteiger charge is 2.18. The second-order valence-electron chi connectivity index (χ2n) is 8.33. The number of pyridine rings is 1. The van der Waals surface area contributed by atoms with Gasteiger partial charge in [-0.3, -0.25) is 4.79 Å². The molecule has 0 fully saturated rings. The fraction of sp³-hybridized carbons (Fsp3) is 0.138. The van der Waals surface area contributed by atoms with Gasteiger partial charge in [0.05, 0.1) is 0 Å². The fourth-order valence-corrected chi connectivity index (χ4v) is 4.63. The highest BCUT2D eigenvalue weighted by molar-refractivity contribution is 5.62. The number of fused-ring (bicyclic) bond motifs is 1. The normalized spacial score (nSPS) is 13.0. The van der Waals surface area contributed by atoms with Gasteiger partial charge >= 0.3 is 0 Å². The van der Waals surface area contributed by atoms with E-state index in [0.717, 1.165) is 29.5 Å². The molecule has 3 aromatic carbocycles. The first-order valence-electron chi connectivity index (χ1n) is 11.0. The molecule has 0 spiro atoms. The molecule has 0 atom stereocenters. The largest absolute Gasteiger partial charge is 0.508 e. The Morgan fingerprint density at radius 1 is 0.750 bits per heavy atom. The van der Waals surface area contributed by atoms with Gasteiger partial charge in [0.25, 0.3) is 5.56 Å². The Hall–Kier alpha value is -3.85. The van der Waals surface area contributed by atoms with E-state index < -0.39 is 0 Å². The van der Waals surface area contributed by atoms with Crippen molar-refractivity contribution in [1.29, 1.82) is 0 Å². The molecule has 4 aromatic rings. The van der Waals surface area contributed by atoms with E-state index in [1.807, 2.05) is 41.1 Å². The number of benzene rings is 3. The van der Waals surface area contributed by atoms with Gasteiger partial charge in [0.15, 0.2) is 0 Å². The van der Waals surface area contributed by atoms with Crippen LogP contribution in [0.15, 0.2) is 108 Å². The summed E-state index contributed by atoms with van der Waals surface area (Å²) in [5.41, 5.74) is 6.72. The molecule has 1 heterocycles. The molecule has 0 unspecified atom stereocenters. The summed E-state index contributed by atoms with van der Waals surface area (Å²) in [5.74, 6) is 0.410. The predicted octanol–water partition coefficient (Wildman–Crippen LogP) is 5.76. The minimum atomic E-state index is -0.00349. The van der Waals surface area contributed by atoms with E-state index in [0.29, 0.717) is 12.3 Å². The second-order valence-corrected chi connectivity index (χ2v) is 8.33. The number of aromatic hydroxyl groups is 1. The lowest BCUT2D eigenvalue weighted by Crippen LogP contribution is -2.22. The van der Waals surface area contributed by atoms with Crippen molar-refractivity contribution in [3.63, 3.8) is 0 Å². The molecular formula is C29H25NO2. The van der Waals surface area contributed by atoms with Gasteiger partial charge < -0.3 is 9.67 Å². The Kier molecular flexibility index (Phi) is 5.47. The number of allylic oxidation sites excluding steroid dienone is 1. The predicted molar refractivity (Wildman–Crippen MR) is 129 cm³/mol. The molecule has 1 aliphatic rings. The number of hydrogen-bond donors (Lipinski definition) is 1. The standard InChI is InChI=1S/C29H25NO2/c31-27-13-7-12-24-18-21(14-16-26(24)27)19-30-20-25(15-17-28(30)32)29(22-8-3-1-4-9-22)23-10-5-2-6-11-23/h1-13,15,17-18,20,29,31H,14,16,19H2. The smallest absolute Gasteiger partial charge is 0.250 e. The summed E-state index contributed by atoms with van der Waals surface area (Å²) < 4.78 is 1.81. The molecule has 3 heteroatoms. The van der Waals surface area contributed by atoms with Gasteiger partial charge in [-0.25, -0.2) is 0 Å². The van der Waals surface area contributed by atoms with Crippen molar-refractivity contribution in [3.8, 4) is 5.75 Å². The number of aromatic nitrogens is 1. The van der Waals surface area contributed by atoms with Crippen LogP contribution in [0.2, 0.25) is 0 Å². The van der Waals surface area contributed by atoms with E-state index in [4.69, 9.17) is 0 Å². The summed E-state index contributed by atoms with van der Waals surface area (Å²) in [7, 11) is 0. The van der Waals surface area contributed by atoms with Crippen LogP contribution in [-0.2, 0) is 13.0 Å². The van der Waals surface area contributed by atoms with E-state index in [1.54, 1.807) is 12.1 Å². The van der Waals surface area contributed by atoms with E-state index >= 15 is 0 Å². The van der Waals surface area contributed by atoms with E-state index in [2.05, 4.69) is 54.6 Å². The Balaban J connectivity index is 1.53. The third kappa shape index (κ3) is 4.02. The lowest BCUT2D eigenvalue weighted by molar-refractivity contribution is 0.467. The molecule has 32 heavy (non-hydrogen) atoms. The summed E-state index contributed by atoms with van der Waals surface area (Å²) in [6.07, 6.45) is 5.75. The lowest BCUT2D eigenvalue weighted by atomic mass is 9.86. The third-order valence-electron chi connectivity index (χ3n) is 6.22. The van der Waals surface area contributed by atoms with Gasteiger partial charge in [-0.05, 0) is 46.7 Å². The Morgan fingerprint density at radius 3 is 2.12 bits per heavy atom. The SMILES string of the molecule is O=c1ccc(C(c2ccccc2)c2ccccc2)cn1CC1=Cc2cccc(O)c2CC1. The third-order valence-corrected chi connectivity index (χ3v) is 6.22. The first-order chi connectivity index (χ1) is 15.7. The van der Waals surface area contributed by atoms with Crippen LogP contribution in [0.25, 0.3) is 6.08 Å². The number of rotatable bonds is 5. The molecule has 0 bridgehead atoms. The van der Waals surface area contributed by atoms with Crippen LogP contribution in [0, 0.1) is 0 Å². The molecule has 0 aliphatic heterocycles. The van der Waals surface area contributed by atoms with Crippen molar-refractivity contribution >= 4 is 6.08 Å². The average Bonchev–Trinajstić information content (AvgIpc) is 2.83. The summed E-state index contributed by atoms with van der Waals surface area (Å²) in [6, 6.07) is 30.1. The molecule has 5 rings (SSSR count). The summed E-state index contributed by atoms with van der Waals surface area (Å²) in [5, 5.41) is 10.1. The van der Waals surface area contributed by atoms with Crippen LogP contribution in [0.1, 0.15) is 40.2 Å². The molecule has 3 nitrogen and oxygen atoms in total. The molecule has 0 amide bonds. The van der Waals surface area contributed by atoms with Gasteiger partial charge in [0, 0.05) is 30.3 Å². The number of phenols is 1. The van der Waals surface area contributed by atoms with Crippen LogP contribution in [0.3, 0.4) is 0 Å². The molecule has 0 saturated carbocycles. The molecule has 1 aromatic heterocycles. The number of phenolic OH excluding ortho intramolecular Hbond substituents is 1. The summed E-state index contributed by atoms with van der Waals surface area (Å²) in [6.45, 7) is 0.554. The highest BCUT2D eigenvalue weighted by Crippen LogP contribution is 2.33. The van der Waals surface area contributed by atoms with E-state index in [-0.39, 0.29) is 11.5 Å². The Bertz CT molecular complexity index is 1280. The monoisotopic (exact) mass is 419 g/mol. The van der Waals surface area contributed by atoms with E-state index in [1.165, 1.54) is 16.7 Å². The van der Waals surface area contributed by atoms with Crippen LogP contribution in [0.5, 0.6) is 5.75 Å². The van der Waals surface area contributed by atoms with Crippen LogP contribution >= 0.6 is 0 Å². The molecule has 158 valence electrons. The average molecular weight is 420 g/mol. The molecule has 0 saturated heterocycles. The van der Waals surface area contributed by atoms with Crippen LogP contribution < -0.4 is 5.56 Å². The maximum absolute atomic E-state index is 12.7. The molecule has 1 aliphatic carbocycles. The van der Waals surface area contributed by atoms with Crippen molar-refractivity contribution in [1.82, 2.24) is 4.57 Å². The second kappa shape index (κ2) is 8.72. The number of nitrogens with zero attached hydrogens (tertiary/aromatic N) is 1. The maximum atomic E-state index is 12.7.